The second kappa shape index (κ2) is 13.3. The van der Waals surface area contributed by atoms with Gasteiger partial charge in [-0.3, -0.25) is 14.5 Å². The molecule has 0 saturated heterocycles. The largest absolute Gasteiger partial charge is 0.443 e. The maximum Gasteiger partial charge on any atom is 0.257 e. The number of nitrogens with one attached hydrogen (secondary N) is 1. The Bertz CT molecular complexity index is 1500. The first-order valence-corrected chi connectivity index (χ1v) is 14.1. The van der Waals surface area contributed by atoms with Crippen molar-refractivity contribution in [2.45, 2.75) is 24.9 Å². The number of rotatable bonds is 12. The van der Waals surface area contributed by atoms with Crippen molar-refractivity contribution in [3.8, 4) is 0 Å². The summed E-state index contributed by atoms with van der Waals surface area (Å²) in [5, 5.41) is 7.69. The summed E-state index contributed by atoms with van der Waals surface area (Å²) >= 11 is 13.5. The lowest BCUT2D eigenvalue weighted by atomic mass is 10.2. The van der Waals surface area contributed by atoms with E-state index in [1.54, 1.807) is 41.6 Å². The molecule has 0 aliphatic heterocycles. The third-order valence-electron chi connectivity index (χ3n) is 6.10. The van der Waals surface area contributed by atoms with Gasteiger partial charge in [-0.1, -0.05) is 52.6 Å². The number of thioether (sulfide) groups is 1. The molecule has 0 fully saturated rings. The van der Waals surface area contributed by atoms with Crippen LogP contribution < -0.4 is 10.7 Å². The zero-order valence-electron chi connectivity index (χ0n) is 21.5. The Labute approximate surface area is 240 Å². The van der Waals surface area contributed by atoms with Crippen molar-refractivity contribution in [1.82, 2.24) is 14.8 Å². The predicted octanol–water partition coefficient (Wildman–Crippen LogP) is 5.87. The molecular formula is C28H28Cl2N4O4S. The Balaban J connectivity index is 1.37. The monoisotopic (exact) mass is 586 g/mol. The average molecular weight is 588 g/mol. The molecule has 8 nitrogen and oxygen atoms in total. The predicted molar refractivity (Wildman–Crippen MR) is 158 cm³/mol. The summed E-state index contributed by atoms with van der Waals surface area (Å²) < 4.78 is 7.57. The highest BCUT2D eigenvalue weighted by molar-refractivity contribution is 7.98. The van der Waals surface area contributed by atoms with Crippen LogP contribution in [0.1, 0.15) is 27.2 Å². The molecule has 0 radical (unpaired) electrons. The molecule has 1 atom stereocenters. The van der Waals surface area contributed by atoms with E-state index in [1.807, 2.05) is 48.3 Å². The van der Waals surface area contributed by atoms with E-state index in [-0.39, 0.29) is 12.1 Å². The smallest absolute Gasteiger partial charge is 0.257 e. The SMILES string of the molecule is CN(Cc1cc2c(=O)c(C(=O)NCc3ccc(Cl)cc3)cn(C)c2o1)CC(CSCc1ccc(Cl)cc1)N=O. The van der Waals surface area contributed by atoms with Crippen molar-refractivity contribution < 1.29 is 9.21 Å². The van der Waals surface area contributed by atoms with Crippen LogP contribution in [0.15, 0.2) is 75.2 Å². The number of pyridine rings is 1. The molecule has 0 aliphatic rings. The van der Waals surface area contributed by atoms with Gasteiger partial charge in [0.2, 0.25) is 11.1 Å². The topological polar surface area (TPSA) is 96.9 Å². The first-order valence-electron chi connectivity index (χ1n) is 12.2. The molecule has 0 saturated carbocycles. The highest BCUT2D eigenvalue weighted by Crippen LogP contribution is 2.20. The van der Waals surface area contributed by atoms with E-state index in [0.717, 1.165) is 16.9 Å². The molecule has 1 amide bonds. The molecule has 1 unspecified atom stereocenters. The van der Waals surface area contributed by atoms with Gasteiger partial charge in [0.1, 0.15) is 17.4 Å². The number of hydrogen-bond acceptors (Lipinski definition) is 7. The van der Waals surface area contributed by atoms with Crippen LogP contribution in [0.4, 0.5) is 0 Å². The minimum Gasteiger partial charge on any atom is -0.443 e. The fourth-order valence-electron chi connectivity index (χ4n) is 4.13. The molecule has 204 valence electrons. The number of nitroso groups, excluding NO2 is 1. The summed E-state index contributed by atoms with van der Waals surface area (Å²) in [4.78, 5) is 39.3. The number of likely N-dealkylation sites (N-methyl/N-ethyl adjacent to an activating group) is 1. The van der Waals surface area contributed by atoms with Crippen LogP contribution in [-0.2, 0) is 25.9 Å². The standard InChI is InChI=1S/C28H28Cl2N4O4S/c1-33(13-22(32-37)17-39-16-19-5-9-21(30)10-6-19)14-23-11-24-26(35)25(15-34(2)28(24)38-23)27(36)31-12-18-3-7-20(29)8-4-18/h3-11,15,22H,12-14,16-17H2,1-2H3,(H,31,36). The molecular weight excluding hydrogens is 559 g/mol. The highest BCUT2D eigenvalue weighted by atomic mass is 35.5. The molecule has 0 spiro atoms. The second-order valence-corrected chi connectivity index (χ2v) is 11.2. The molecule has 4 aromatic rings. The number of aromatic nitrogens is 1. The van der Waals surface area contributed by atoms with E-state index in [0.29, 0.717) is 45.7 Å². The molecule has 4 rings (SSSR count). The Morgan fingerprint density at radius 1 is 1.10 bits per heavy atom. The van der Waals surface area contributed by atoms with Crippen LogP contribution in [0.5, 0.6) is 0 Å². The third-order valence-corrected chi connectivity index (χ3v) is 7.76. The quantitative estimate of drug-likeness (QED) is 0.208. The molecule has 0 bridgehead atoms. The zero-order chi connectivity index (χ0) is 27.9. The van der Waals surface area contributed by atoms with Crippen LogP contribution in [-0.4, -0.2) is 40.8 Å². The molecule has 2 aromatic carbocycles. The van der Waals surface area contributed by atoms with E-state index >= 15 is 0 Å². The number of hydrogen-bond donors (Lipinski definition) is 1. The zero-order valence-corrected chi connectivity index (χ0v) is 23.9. The number of benzene rings is 2. The van der Waals surface area contributed by atoms with Crippen molar-refractivity contribution >= 4 is 52.0 Å². The third kappa shape index (κ3) is 7.73. The molecule has 39 heavy (non-hydrogen) atoms. The maximum atomic E-state index is 13.1. The van der Waals surface area contributed by atoms with Gasteiger partial charge in [-0.2, -0.15) is 16.7 Å². The Hall–Kier alpha value is -3.11. The van der Waals surface area contributed by atoms with Crippen molar-refractivity contribution in [2.24, 2.45) is 12.2 Å². The minimum absolute atomic E-state index is 0.0302. The molecule has 11 heteroatoms. The average Bonchev–Trinajstić information content (AvgIpc) is 3.35. The fraction of sp³-hybridized carbons (Fsp3) is 0.286. The van der Waals surface area contributed by atoms with Gasteiger partial charge in [0, 0.05) is 47.9 Å². The Kier molecular flexibility index (Phi) is 9.85. The summed E-state index contributed by atoms with van der Waals surface area (Å²) in [7, 11) is 3.59. The first kappa shape index (κ1) is 28.9. The van der Waals surface area contributed by atoms with Crippen LogP contribution in [0.25, 0.3) is 11.1 Å². The highest BCUT2D eigenvalue weighted by Gasteiger charge is 2.19. The molecule has 1 N–H and O–H groups in total. The van der Waals surface area contributed by atoms with E-state index < -0.39 is 17.4 Å². The van der Waals surface area contributed by atoms with Gasteiger partial charge in [-0.15, -0.1) is 0 Å². The minimum atomic E-state index is -0.469. The number of halogens is 2. The summed E-state index contributed by atoms with van der Waals surface area (Å²) in [6.07, 6.45) is 1.48. The van der Waals surface area contributed by atoms with E-state index in [9.17, 15) is 14.5 Å². The summed E-state index contributed by atoms with van der Waals surface area (Å²) in [5.41, 5.74) is 2.00. The number of carbonyl (C=O) groups excluding carboxylic acids is 1. The van der Waals surface area contributed by atoms with Crippen molar-refractivity contribution in [1.29, 1.82) is 0 Å². The van der Waals surface area contributed by atoms with Crippen LogP contribution >= 0.6 is 35.0 Å². The fourth-order valence-corrected chi connectivity index (χ4v) is 5.37. The van der Waals surface area contributed by atoms with E-state index in [4.69, 9.17) is 27.6 Å². The van der Waals surface area contributed by atoms with Gasteiger partial charge < -0.3 is 14.3 Å². The summed E-state index contributed by atoms with van der Waals surface area (Å²) in [6.45, 7) is 1.07. The molecule has 2 heterocycles. The summed E-state index contributed by atoms with van der Waals surface area (Å²) in [6, 6.07) is 16.0. The van der Waals surface area contributed by atoms with Gasteiger partial charge in [-0.05, 0) is 48.5 Å². The maximum absolute atomic E-state index is 13.1. The van der Waals surface area contributed by atoms with Gasteiger partial charge in [0.05, 0.1) is 11.9 Å². The van der Waals surface area contributed by atoms with Gasteiger partial charge in [0.15, 0.2) is 0 Å². The van der Waals surface area contributed by atoms with Crippen molar-refractivity contribution in [3.05, 3.63) is 108 Å². The van der Waals surface area contributed by atoms with Gasteiger partial charge in [0.25, 0.3) is 5.91 Å². The van der Waals surface area contributed by atoms with E-state index in [1.165, 1.54) is 6.20 Å². The summed E-state index contributed by atoms with van der Waals surface area (Å²) in [5.74, 6) is 1.42. The van der Waals surface area contributed by atoms with Crippen LogP contribution in [0.2, 0.25) is 10.0 Å². The normalized spacial score (nSPS) is 12.1. The second-order valence-electron chi connectivity index (χ2n) is 9.32. The van der Waals surface area contributed by atoms with Crippen LogP contribution in [0.3, 0.4) is 0 Å². The Morgan fingerprint density at radius 3 is 2.38 bits per heavy atom. The number of aryl methyl sites for hydroxylation is 1. The lowest BCUT2D eigenvalue weighted by Gasteiger charge is -2.18. The van der Waals surface area contributed by atoms with Gasteiger partial charge >= 0.3 is 0 Å². The first-order chi connectivity index (χ1) is 18.7. The number of amides is 1. The van der Waals surface area contributed by atoms with E-state index in [2.05, 4.69) is 10.5 Å². The van der Waals surface area contributed by atoms with Crippen LogP contribution in [0, 0.1) is 4.91 Å². The number of furan rings is 1. The molecule has 0 aliphatic carbocycles. The Morgan fingerprint density at radius 2 is 1.74 bits per heavy atom. The lowest BCUT2D eigenvalue weighted by Crippen LogP contribution is -2.29. The van der Waals surface area contributed by atoms with Crippen molar-refractivity contribution in [2.75, 3.05) is 19.3 Å². The van der Waals surface area contributed by atoms with Gasteiger partial charge in [-0.25, -0.2) is 0 Å². The lowest BCUT2D eigenvalue weighted by molar-refractivity contribution is 0.0949. The number of fused-ring (bicyclic) bond motifs is 1. The molecule has 2 aromatic heterocycles. The number of nitrogens with zero attached hydrogens (tertiary/aromatic N) is 3. The number of carbonyl (C=O) groups is 1. The van der Waals surface area contributed by atoms with Crippen molar-refractivity contribution in [3.63, 3.8) is 0 Å².